The highest BCUT2D eigenvalue weighted by Crippen LogP contribution is 2.14. The first-order chi connectivity index (χ1) is 12.6. The van der Waals surface area contributed by atoms with Gasteiger partial charge in [0.05, 0.1) is 11.3 Å². The molecule has 1 heterocycles. The second-order valence-corrected chi connectivity index (χ2v) is 6.17. The number of carbonyl (C=O) groups is 1. The summed E-state index contributed by atoms with van der Waals surface area (Å²) in [6.07, 6.45) is 3.94. The van der Waals surface area contributed by atoms with E-state index in [-0.39, 0.29) is 5.91 Å². The van der Waals surface area contributed by atoms with Crippen LogP contribution in [0.25, 0.3) is 0 Å². The summed E-state index contributed by atoms with van der Waals surface area (Å²) in [6.45, 7) is 0.693. The third kappa shape index (κ3) is 5.04. The van der Waals surface area contributed by atoms with Crippen LogP contribution in [0.1, 0.15) is 15.9 Å². The maximum absolute atomic E-state index is 13.2. The second kappa shape index (κ2) is 8.45. The van der Waals surface area contributed by atoms with Gasteiger partial charge in [-0.2, -0.15) is 0 Å². The Morgan fingerprint density at radius 2 is 1.85 bits per heavy atom. The molecule has 0 bridgehead atoms. The summed E-state index contributed by atoms with van der Waals surface area (Å²) in [7, 11) is 0. The summed E-state index contributed by atoms with van der Waals surface area (Å²) in [6, 6.07) is 15.1. The molecule has 3 rings (SSSR count). The van der Waals surface area contributed by atoms with E-state index in [0.717, 1.165) is 17.7 Å². The van der Waals surface area contributed by atoms with E-state index in [9.17, 15) is 9.18 Å². The normalized spacial score (nSPS) is 10.4. The molecule has 0 fully saturated rings. The average molecular weight is 370 g/mol. The van der Waals surface area contributed by atoms with E-state index in [1.165, 1.54) is 24.4 Å². The van der Waals surface area contributed by atoms with Gasteiger partial charge in [-0.05, 0) is 48.4 Å². The van der Waals surface area contributed by atoms with Gasteiger partial charge >= 0.3 is 0 Å². The fraction of sp³-hybridized carbons (Fsp3) is 0.100. The zero-order chi connectivity index (χ0) is 18.4. The number of rotatable bonds is 6. The van der Waals surface area contributed by atoms with Gasteiger partial charge in [0.1, 0.15) is 5.82 Å². The van der Waals surface area contributed by atoms with Gasteiger partial charge in [0, 0.05) is 29.6 Å². The van der Waals surface area contributed by atoms with Crippen LogP contribution in [-0.4, -0.2) is 17.4 Å². The zero-order valence-corrected chi connectivity index (χ0v) is 14.6. The smallest absolute Gasteiger partial charge is 0.257 e. The number of benzene rings is 2. The van der Waals surface area contributed by atoms with Crippen molar-refractivity contribution in [1.82, 2.24) is 4.98 Å². The maximum Gasteiger partial charge on any atom is 0.257 e. The Morgan fingerprint density at radius 1 is 1.04 bits per heavy atom. The molecule has 26 heavy (non-hydrogen) atoms. The molecule has 6 heteroatoms. The lowest BCUT2D eigenvalue weighted by Crippen LogP contribution is -2.13. The van der Waals surface area contributed by atoms with Crippen molar-refractivity contribution < 1.29 is 9.18 Å². The summed E-state index contributed by atoms with van der Waals surface area (Å²) in [5.74, 6) is -0.747. The van der Waals surface area contributed by atoms with Gasteiger partial charge < -0.3 is 10.6 Å². The number of halogens is 2. The van der Waals surface area contributed by atoms with Crippen LogP contribution in [0.2, 0.25) is 5.02 Å². The predicted octanol–water partition coefficient (Wildman–Crippen LogP) is 4.78. The summed E-state index contributed by atoms with van der Waals surface area (Å²) in [5.41, 5.74) is 2.70. The molecule has 1 amide bonds. The first kappa shape index (κ1) is 17.9. The fourth-order valence-corrected chi connectivity index (χ4v) is 2.56. The maximum atomic E-state index is 13.2. The molecule has 1 aromatic heterocycles. The molecule has 2 N–H and O–H groups in total. The minimum atomic E-state index is -0.404. The van der Waals surface area contributed by atoms with Gasteiger partial charge in [0.15, 0.2) is 0 Å². The van der Waals surface area contributed by atoms with Crippen molar-refractivity contribution in [1.29, 1.82) is 0 Å². The second-order valence-electron chi connectivity index (χ2n) is 5.73. The van der Waals surface area contributed by atoms with Gasteiger partial charge in [0.2, 0.25) is 0 Å². The predicted molar refractivity (Wildman–Crippen MR) is 102 cm³/mol. The summed E-state index contributed by atoms with van der Waals surface area (Å²) in [5, 5.41) is 6.61. The minimum Gasteiger partial charge on any atom is -0.383 e. The molecule has 4 nitrogen and oxygen atoms in total. The number of aromatic nitrogens is 1. The molecular formula is C20H17ClFN3O. The van der Waals surface area contributed by atoms with Crippen LogP contribution in [0, 0.1) is 5.82 Å². The lowest BCUT2D eigenvalue weighted by Gasteiger charge is -2.09. The highest BCUT2D eigenvalue weighted by molar-refractivity contribution is 6.30. The van der Waals surface area contributed by atoms with Crippen LogP contribution in [0.5, 0.6) is 0 Å². The molecule has 0 saturated carbocycles. The van der Waals surface area contributed by atoms with Gasteiger partial charge in [0.25, 0.3) is 5.91 Å². The molecule has 2 aromatic carbocycles. The molecule has 132 valence electrons. The monoisotopic (exact) mass is 369 g/mol. The number of pyridine rings is 1. The van der Waals surface area contributed by atoms with E-state index >= 15 is 0 Å². The molecule has 0 unspecified atom stereocenters. The number of amides is 1. The molecule has 0 aliphatic rings. The minimum absolute atomic E-state index is 0.343. The lowest BCUT2D eigenvalue weighted by molar-refractivity contribution is 0.102. The number of nitrogens with zero attached hydrogens (tertiary/aromatic N) is 1. The van der Waals surface area contributed by atoms with Crippen molar-refractivity contribution >= 4 is 28.9 Å². The van der Waals surface area contributed by atoms with Crippen LogP contribution < -0.4 is 10.6 Å². The van der Waals surface area contributed by atoms with Crippen LogP contribution >= 0.6 is 11.6 Å². The Hall–Kier alpha value is -2.92. The Bertz CT molecular complexity index is 900. The average Bonchev–Trinajstić information content (AvgIpc) is 2.64. The molecule has 0 radical (unpaired) electrons. The van der Waals surface area contributed by atoms with Gasteiger partial charge in [-0.3, -0.25) is 9.78 Å². The van der Waals surface area contributed by atoms with Crippen LogP contribution in [0.4, 0.5) is 15.8 Å². The summed E-state index contributed by atoms with van der Waals surface area (Å²) >= 11 is 5.87. The van der Waals surface area contributed by atoms with E-state index in [1.807, 2.05) is 24.3 Å². The van der Waals surface area contributed by atoms with E-state index in [4.69, 9.17) is 11.6 Å². The van der Waals surface area contributed by atoms with Gasteiger partial charge in [-0.15, -0.1) is 0 Å². The van der Waals surface area contributed by atoms with Gasteiger partial charge in [-0.1, -0.05) is 29.8 Å². The third-order valence-electron chi connectivity index (χ3n) is 3.74. The van der Waals surface area contributed by atoms with E-state index < -0.39 is 5.82 Å². The van der Waals surface area contributed by atoms with Gasteiger partial charge in [-0.25, -0.2) is 4.39 Å². The molecule has 3 aromatic rings. The third-order valence-corrected chi connectivity index (χ3v) is 3.99. The van der Waals surface area contributed by atoms with Crippen molar-refractivity contribution in [2.24, 2.45) is 0 Å². The SMILES string of the molecule is O=C(Nc1cccc(F)c1)c1cncc(NCCc2ccc(Cl)cc2)c1. The number of hydrogen-bond donors (Lipinski definition) is 2. The van der Waals surface area contributed by atoms with E-state index in [1.54, 1.807) is 18.3 Å². The Morgan fingerprint density at radius 3 is 2.62 bits per heavy atom. The summed E-state index contributed by atoms with van der Waals surface area (Å²) in [4.78, 5) is 16.4. The fourth-order valence-electron chi connectivity index (χ4n) is 2.43. The summed E-state index contributed by atoms with van der Waals surface area (Å²) < 4.78 is 13.2. The topological polar surface area (TPSA) is 54.0 Å². The van der Waals surface area contributed by atoms with Crippen LogP contribution in [0.15, 0.2) is 67.0 Å². The van der Waals surface area contributed by atoms with Crippen molar-refractivity contribution in [3.8, 4) is 0 Å². The number of anilines is 2. The Kier molecular flexibility index (Phi) is 5.81. The van der Waals surface area contributed by atoms with E-state index in [2.05, 4.69) is 15.6 Å². The standard InChI is InChI=1S/C20H17ClFN3O/c21-16-6-4-14(5-7-16)8-9-24-19-10-15(12-23-13-19)20(26)25-18-3-1-2-17(22)11-18/h1-7,10-13,24H,8-9H2,(H,25,26). The Balaban J connectivity index is 1.58. The van der Waals surface area contributed by atoms with Crippen molar-refractivity contribution in [3.05, 3.63) is 89.0 Å². The molecule has 0 aliphatic heterocycles. The first-order valence-corrected chi connectivity index (χ1v) is 8.48. The van der Waals surface area contributed by atoms with Crippen molar-refractivity contribution in [3.63, 3.8) is 0 Å². The number of carbonyl (C=O) groups excluding carboxylic acids is 1. The molecule has 0 spiro atoms. The highest BCUT2D eigenvalue weighted by Gasteiger charge is 2.08. The number of hydrogen-bond acceptors (Lipinski definition) is 3. The quantitative estimate of drug-likeness (QED) is 0.657. The highest BCUT2D eigenvalue weighted by atomic mass is 35.5. The molecular weight excluding hydrogens is 353 g/mol. The number of nitrogens with one attached hydrogen (secondary N) is 2. The van der Waals surface area contributed by atoms with Crippen molar-refractivity contribution in [2.75, 3.05) is 17.2 Å². The molecule has 0 saturated heterocycles. The van der Waals surface area contributed by atoms with Crippen LogP contribution in [-0.2, 0) is 6.42 Å². The molecule has 0 atom stereocenters. The first-order valence-electron chi connectivity index (χ1n) is 8.10. The lowest BCUT2D eigenvalue weighted by atomic mass is 10.1. The van der Waals surface area contributed by atoms with Crippen molar-refractivity contribution in [2.45, 2.75) is 6.42 Å². The largest absolute Gasteiger partial charge is 0.383 e. The van der Waals surface area contributed by atoms with E-state index in [0.29, 0.717) is 22.8 Å². The molecule has 0 aliphatic carbocycles. The Labute approximate surface area is 156 Å². The zero-order valence-electron chi connectivity index (χ0n) is 13.9. The van der Waals surface area contributed by atoms with Crippen LogP contribution in [0.3, 0.4) is 0 Å².